The van der Waals surface area contributed by atoms with E-state index in [1.54, 1.807) is 6.92 Å². The molecule has 1 amide bonds. The minimum absolute atomic E-state index is 0.206. The normalized spacial score (nSPS) is 26.1. The number of methoxy groups -OCH3 is 1. The summed E-state index contributed by atoms with van der Waals surface area (Å²) in [6.07, 6.45) is -4.74. The molecule has 0 aromatic carbocycles. The zero-order chi connectivity index (χ0) is 14.0. The molecule has 1 N–H and O–H groups in total. The zero-order valence-electron chi connectivity index (χ0n) is 10.8. The Bertz CT molecular complexity index is 301. The van der Waals surface area contributed by atoms with Gasteiger partial charge in [0.15, 0.2) is 5.41 Å². The van der Waals surface area contributed by atoms with Gasteiger partial charge in [-0.1, -0.05) is 0 Å². The zero-order valence-corrected chi connectivity index (χ0v) is 10.8. The average molecular weight is 268 g/mol. The Morgan fingerprint density at radius 2 is 2.17 bits per heavy atom. The van der Waals surface area contributed by atoms with Crippen LogP contribution in [-0.2, 0) is 9.53 Å². The third kappa shape index (κ3) is 2.61. The summed E-state index contributed by atoms with van der Waals surface area (Å²) >= 11 is 0. The molecule has 1 heterocycles. The van der Waals surface area contributed by atoms with E-state index in [0.717, 1.165) is 4.90 Å². The number of hydrogen-bond acceptors (Lipinski definition) is 3. The molecule has 18 heavy (non-hydrogen) atoms. The second-order valence-electron chi connectivity index (χ2n) is 4.73. The minimum Gasteiger partial charge on any atom is -0.383 e. The molecule has 1 fully saturated rings. The number of halogens is 3. The first-order valence-corrected chi connectivity index (χ1v) is 5.80. The van der Waals surface area contributed by atoms with Gasteiger partial charge in [-0.15, -0.1) is 0 Å². The lowest BCUT2D eigenvalue weighted by Gasteiger charge is -2.35. The summed E-state index contributed by atoms with van der Waals surface area (Å²) in [4.78, 5) is 13.3. The van der Waals surface area contributed by atoms with Gasteiger partial charge in [-0.3, -0.25) is 4.79 Å². The fourth-order valence-corrected chi connectivity index (χ4v) is 2.13. The first-order chi connectivity index (χ1) is 8.26. The predicted octanol–water partition coefficient (Wildman–Crippen LogP) is 1.02. The Kier molecular flexibility index (Phi) is 4.61. The molecule has 0 bridgehead atoms. The Hall–Kier alpha value is -0.820. The second-order valence-corrected chi connectivity index (χ2v) is 4.73. The molecule has 0 radical (unpaired) electrons. The van der Waals surface area contributed by atoms with Crippen molar-refractivity contribution >= 4 is 5.91 Å². The molecular weight excluding hydrogens is 249 g/mol. The van der Waals surface area contributed by atoms with Gasteiger partial charge in [0.2, 0.25) is 5.91 Å². The van der Waals surface area contributed by atoms with Crippen molar-refractivity contribution in [2.75, 3.05) is 33.9 Å². The maximum absolute atomic E-state index is 13.2. The minimum atomic E-state index is -4.53. The number of likely N-dealkylation sites (N-methyl/N-ethyl adjacent to an activating group) is 1. The fraction of sp³-hybridized carbons (Fsp3) is 0.909. The van der Waals surface area contributed by atoms with E-state index in [0.29, 0.717) is 0 Å². The molecule has 0 aromatic heterocycles. The van der Waals surface area contributed by atoms with Crippen molar-refractivity contribution in [1.82, 2.24) is 10.2 Å². The Labute approximate surface area is 104 Å². The van der Waals surface area contributed by atoms with Crippen LogP contribution in [0.25, 0.3) is 0 Å². The summed E-state index contributed by atoms with van der Waals surface area (Å²) in [5, 5.41) is 2.63. The summed E-state index contributed by atoms with van der Waals surface area (Å²) in [7, 11) is 2.84. The number of amides is 1. The Balaban J connectivity index is 2.91. The predicted molar refractivity (Wildman–Crippen MR) is 60.1 cm³/mol. The van der Waals surface area contributed by atoms with Gasteiger partial charge in [0.25, 0.3) is 0 Å². The van der Waals surface area contributed by atoms with E-state index in [1.807, 2.05) is 0 Å². The highest BCUT2D eigenvalue weighted by Crippen LogP contribution is 2.44. The number of ether oxygens (including phenoxy) is 1. The van der Waals surface area contributed by atoms with Crippen LogP contribution in [0.15, 0.2) is 0 Å². The molecule has 1 aliphatic rings. The average Bonchev–Trinajstić information content (AvgIpc) is 2.76. The summed E-state index contributed by atoms with van der Waals surface area (Å²) in [5.74, 6) is -0.885. The van der Waals surface area contributed by atoms with Gasteiger partial charge in [0.1, 0.15) is 0 Å². The van der Waals surface area contributed by atoms with Crippen molar-refractivity contribution in [3.05, 3.63) is 0 Å². The quantitative estimate of drug-likeness (QED) is 0.827. The van der Waals surface area contributed by atoms with Gasteiger partial charge in [-0.2, -0.15) is 13.2 Å². The largest absolute Gasteiger partial charge is 0.404 e. The molecule has 4 nitrogen and oxygen atoms in total. The van der Waals surface area contributed by atoms with E-state index in [2.05, 4.69) is 5.32 Å². The van der Waals surface area contributed by atoms with Crippen LogP contribution in [0.1, 0.15) is 13.3 Å². The Morgan fingerprint density at radius 1 is 1.56 bits per heavy atom. The van der Waals surface area contributed by atoms with Gasteiger partial charge >= 0.3 is 6.18 Å². The van der Waals surface area contributed by atoms with E-state index in [4.69, 9.17) is 4.74 Å². The van der Waals surface area contributed by atoms with Gasteiger partial charge < -0.3 is 15.0 Å². The van der Waals surface area contributed by atoms with Crippen LogP contribution in [0.3, 0.4) is 0 Å². The smallest absolute Gasteiger partial charge is 0.383 e. The lowest BCUT2D eigenvalue weighted by atomic mass is 9.84. The molecule has 0 saturated carbocycles. The molecule has 0 aromatic rings. The molecule has 2 atom stereocenters. The van der Waals surface area contributed by atoms with E-state index in [1.165, 1.54) is 14.2 Å². The van der Waals surface area contributed by atoms with Crippen LogP contribution < -0.4 is 5.32 Å². The number of alkyl halides is 3. The van der Waals surface area contributed by atoms with E-state index in [9.17, 15) is 18.0 Å². The van der Waals surface area contributed by atoms with Crippen LogP contribution in [-0.4, -0.2) is 56.9 Å². The number of nitrogens with one attached hydrogen (secondary N) is 1. The van der Waals surface area contributed by atoms with Gasteiger partial charge in [0, 0.05) is 20.7 Å². The van der Waals surface area contributed by atoms with Crippen molar-refractivity contribution < 1.29 is 22.7 Å². The fourth-order valence-electron chi connectivity index (χ4n) is 2.13. The topological polar surface area (TPSA) is 41.6 Å². The number of carbonyl (C=O) groups is 1. The lowest BCUT2D eigenvalue weighted by Crippen LogP contribution is -2.55. The van der Waals surface area contributed by atoms with E-state index < -0.39 is 17.5 Å². The SMILES string of the molecule is COCC(C)N(C)C(=O)C1(C(F)(F)F)CCNC1. The van der Waals surface area contributed by atoms with Gasteiger partial charge in [0.05, 0.1) is 12.6 Å². The second kappa shape index (κ2) is 5.44. The van der Waals surface area contributed by atoms with Crippen LogP contribution in [0.4, 0.5) is 13.2 Å². The maximum atomic E-state index is 13.2. The molecule has 2 unspecified atom stereocenters. The lowest BCUT2D eigenvalue weighted by molar-refractivity contribution is -0.222. The van der Waals surface area contributed by atoms with Crippen molar-refractivity contribution in [1.29, 1.82) is 0 Å². The highest BCUT2D eigenvalue weighted by atomic mass is 19.4. The first kappa shape index (κ1) is 15.2. The number of carbonyl (C=O) groups excluding carboxylic acids is 1. The van der Waals surface area contributed by atoms with Crippen LogP contribution in [0.5, 0.6) is 0 Å². The highest BCUT2D eigenvalue weighted by Gasteiger charge is 2.62. The van der Waals surface area contributed by atoms with Gasteiger partial charge in [-0.05, 0) is 19.9 Å². The summed E-state index contributed by atoms with van der Waals surface area (Å²) in [6, 6.07) is -0.387. The molecule has 1 rings (SSSR count). The van der Waals surface area contributed by atoms with Crippen LogP contribution in [0.2, 0.25) is 0 Å². The first-order valence-electron chi connectivity index (χ1n) is 5.80. The molecule has 7 heteroatoms. The van der Waals surface area contributed by atoms with Crippen molar-refractivity contribution in [2.45, 2.75) is 25.6 Å². The van der Waals surface area contributed by atoms with Crippen LogP contribution >= 0.6 is 0 Å². The van der Waals surface area contributed by atoms with Crippen molar-refractivity contribution in [2.24, 2.45) is 5.41 Å². The number of rotatable bonds is 4. The number of hydrogen-bond donors (Lipinski definition) is 1. The van der Waals surface area contributed by atoms with Crippen molar-refractivity contribution in [3.63, 3.8) is 0 Å². The molecule has 1 saturated heterocycles. The standard InChI is InChI=1S/C11H19F3N2O2/c1-8(6-18-3)16(2)9(17)10(11(12,13)14)4-5-15-7-10/h8,15H,4-7H2,1-3H3. The number of nitrogens with zero attached hydrogens (tertiary/aromatic N) is 1. The van der Waals surface area contributed by atoms with Crippen molar-refractivity contribution in [3.8, 4) is 0 Å². The molecule has 0 aliphatic carbocycles. The molecular formula is C11H19F3N2O2. The molecule has 1 aliphatic heterocycles. The summed E-state index contributed by atoms with van der Waals surface area (Å²) in [6.45, 7) is 1.73. The third-order valence-corrected chi connectivity index (χ3v) is 3.50. The van der Waals surface area contributed by atoms with E-state index >= 15 is 0 Å². The monoisotopic (exact) mass is 268 g/mol. The third-order valence-electron chi connectivity index (χ3n) is 3.50. The summed E-state index contributed by atoms with van der Waals surface area (Å²) < 4.78 is 44.3. The molecule has 0 spiro atoms. The van der Waals surface area contributed by atoms with E-state index in [-0.39, 0.29) is 32.2 Å². The molecule has 106 valence electrons. The highest BCUT2D eigenvalue weighted by molar-refractivity contribution is 5.84. The van der Waals surface area contributed by atoms with Crippen LogP contribution in [0, 0.1) is 5.41 Å². The maximum Gasteiger partial charge on any atom is 0.404 e. The Morgan fingerprint density at radius 3 is 2.56 bits per heavy atom. The summed E-state index contributed by atoms with van der Waals surface area (Å²) in [5.41, 5.74) is -2.29. The van der Waals surface area contributed by atoms with Gasteiger partial charge in [-0.25, -0.2) is 0 Å².